The Morgan fingerprint density at radius 3 is 2.94 bits per heavy atom. The first-order chi connectivity index (χ1) is 16.6. The Kier molecular flexibility index (Phi) is 8.13. The number of allylic oxidation sites excluding steroid dienone is 1. The van der Waals surface area contributed by atoms with Crippen LogP contribution in [-0.2, 0) is 16.1 Å². The third kappa shape index (κ3) is 5.74. The van der Waals surface area contributed by atoms with E-state index in [1.807, 2.05) is 31.2 Å². The molecule has 0 bridgehead atoms. The molecule has 0 radical (unpaired) electrons. The number of nitrogens with zero attached hydrogens (tertiary/aromatic N) is 1. The van der Waals surface area contributed by atoms with Gasteiger partial charge in [0.1, 0.15) is 23.1 Å². The Bertz CT molecular complexity index is 1080. The van der Waals surface area contributed by atoms with E-state index in [2.05, 4.69) is 15.6 Å². The van der Waals surface area contributed by atoms with E-state index in [1.165, 1.54) is 0 Å². The van der Waals surface area contributed by atoms with Gasteiger partial charge in [0.2, 0.25) is 0 Å². The lowest BCUT2D eigenvalue weighted by atomic mass is 9.94. The number of aryl methyl sites for hydroxylation is 1. The number of rotatable bonds is 9. The van der Waals surface area contributed by atoms with Gasteiger partial charge in [0.25, 0.3) is 0 Å². The average Bonchev–Trinajstić information content (AvgIpc) is 3.36. The summed E-state index contributed by atoms with van der Waals surface area (Å²) >= 11 is 5.69. The molecule has 0 saturated carbocycles. The number of hydrogen-bond donors (Lipinski definition) is 2. The van der Waals surface area contributed by atoms with E-state index in [4.69, 9.17) is 26.4 Å². The fraction of sp³-hybridized carbons (Fsp3) is 0.423. The molecule has 8 heteroatoms. The number of carbonyl (C=O) groups excluding carboxylic acids is 1. The lowest BCUT2D eigenvalue weighted by molar-refractivity contribution is -0.115. The summed E-state index contributed by atoms with van der Waals surface area (Å²) in [5, 5.41) is 6.69. The van der Waals surface area contributed by atoms with Gasteiger partial charge in [-0.05, 0) is 50.3 Å². The lowest BCUT2D eigenvalue weighted by Crippen LogP contribution is -2.29. The second-order valence-corrected chi connectivity index (χ2v) is 8.93. The Balaban J connectivity index is 1.49. The number of hydrogen-bond acceptors (Lipinski definition) is 7. The standard InChI is InChI=1S/C26H31N3O4S/c1-17-6-3-9-21(25(17)31-2)29-26(34)24-20(8-4-10-22(24)30)28-14-18-11-12-27-15-23(18)33-16-19-7-5-13-32-19/h3,6,9,11-12,15,19,28H,4-5,7-8,10,13-14,16H2,1-2H3,(H,29,34). The van der Waals surface area contributed by atoms with Crippen molar-refractivity contribution in [1.82, 2.24) is 10.3 Å². The molecule has 34 heavy (non-hydrogen) atoms. The molecule has 2 N–H and O–H groups in total. The fourth-order valence-corrected chi connectivity index (χ4v) is 4.68. The Morgan fingerprint density at radius 1 is 1.26 bits per heavy atom. The lowest BCUT2D eigenvalue weighted by Gasteiger charge is -2.23. The monoisotopic (exact) mass is 481 g/mol. The summed E-state index contributed by atoms with van der Waals surface area (Å²) in [6.07, 6.45) is 7.72. The Hall–Kier alpha value is -2.97. The minimum absolute atomic E-state index is 0.0439. The van der Waals surface area contributed by atoms with Crippen LogP contribution in [0.25, 0.3) is 0 Å². The van der Waals surface area contributed by atoms with Crippen LogP contribution < -0.4 is 20.1 Å². The van der Waals surface area contributed by atoms with Crippen molar-refractivity contribution in [2.24, 2.45) is 0 Å². The highest BCUT2D eigenvalue weighted by Crippen LogP contribution is 2.30. The number of Topliss-reactive ketones (excluding diaryl/α,β-unsaturated/α-hetero) is 1. The van der Waals surface area contributed by atoms with Crippen molar-refractivity contribution in [3.05, 3.63) is 59.1 Å². The number of para-hydroxylation sites is 1. The molecule has 1 aliphatic carbocycles. The van der Waals surface area contributed by atoms with Gasteiger partial charge in [-0.15, -0.1) is 0 Å². The van der Waals surface area contributed by atoms with Crippen LogP contribution >= 0.6 is 12.2 Å². The van der Waals surface area contributed by atoms with E-state index in [-0.39, 0.29) is 11.9 Å². The van der Waals surface area contributed by atoms with Crippen LogP contribution in [0.1, 0.15) is 43.2 Å². The van der Waals surface area contributed by atoms with Crippen molar-refractivity contribution in [3.63, 3.8) is 0 Å². The summed E-state index contributed by atoms with van der Waals surface area (Å²) in [6.45, 7) is 3.78. The van der Waals surface area contributed by atoms with Gasteiger partial charge in [0.05, 0.1) is 30.7 Å². The van der Waals surface area contributed by atoms with E-state index in [0.29, 0.717) is 35.9 Å². The van der Waals surface area contributed by atoms with E-state index in [9.17, 15) is 4.79 Å². The fourth-order valence-electron chi connectivity index (χ4n) is 4.34. The van der Waals surface area contributed by atoms with Gasteiger partial charge in [0.15, 0.2) is 5.78 Å². The molecule has 2 heterocycles. The first-order valence-electron chi connectivity index (χ1n) is 11.7. The molecule has 0 amide bonds. The van der Waals surface area contributed by atoms with Crippen LogP contribution in [0.15, 0.2) is 47.9 Å². The molecule has 2 aromatic rings. The minimum Gasteiger partial charge on any atom is -0.494 e. The molecule has 7 nitrogen and oxygen atoms in total. The molecule has 1 aromatic carbocycles. The molecule has 1 fully saturated rings. The van der Waals surface area contributed by atoms with E-state index in [0.717, 1.165) is 60.6 Å². The summed E-state index contributed by atoms with van der Waals surface area (Å²) < 4.78 is 17.2. The summed E-state index contributed by atoms with van der Waals surface area (Å²) in [6, 6.07) is 7.73. The van der Waals surface area contributed by atoms with Crippen molar-refractivity contribution in [1.29, 1.82) is 0 Å². The van der Waals surface area contributed by atoms with Crippen LogP contribution in [0.3, 0.4) is 0 Å². The second-order valence-electron chi connectivity index (χ2n) is 8.52. The smallest absolute Gasteiger partial charge is 0.167 e. The summed E-state index contributed by atoms with van der Waals surface area (Å²) in [5.74, 6) is 1.48. The third-order valence-corrected chi connectivity index (χ3v) is 6.42. The molecule has 1 unspecified atom stereocenters. The van der Waals surface area contributed by atoms with Crippen LogP contribution in [0.2, 0.25) is 0 Å². The maximum absolute atomic E-state index is 12.9. The molecule has 1 atom stereocenters. The third-order valence-electron chi connectivity index (χ3n) is 6.11. The minimum atomic E-state index is 0.0439. The number of benzene rings is 1. The zero-order valence-electron chi connectivity index (χ0n) is 19.7. The number of ketones is 1. The molecule has 2 aliphatic rings. The summed E-state index contributed by atoms with van der Waals surface area (Å²) in [5.41, 5.74) is 4.10. The number of methoxy groups -OCH3 is 1. The number of aromatic nitrogens is 1. The number of carbonyl (C=O) groups is 1. The Labute approximate surface area is 205 Å². The number of nitrogens with one attached hydrogen (secondary N) is 2. The van der Waals surface area contributed by atoms with Gasteiger partial charge in [-0.3, -0.25) is 9.78 Å². The molecule has 1 saturated heterocycles. The highest BCUT2D eigenvalue weighted by molar-refractivity contribution is 7.81. The molecule has 1 aromatic heterocycles. The van der Waals surface area contributed by atoms with E-state index >= 15 is 0 Å². The number of pyridine rings is 1. The summed E-state index contributed by atoms with van der Waals surface area (Å²) in [4.78, 5) is 17.5. The van der Waals surface area contributed by atoms with E-state index < -0.39 is 0 Å². The van der Waals surface area contributed by atoms with Crippen LogP contribution in [0.4, 0.5) is 5.69 Å². The SMILES string of the molecule is COc1c(C)cccc1NC(=S)C1=C(NCc2ccncc2OCC2CCCO2)CCCC1=O. The number of thiocarbonyl (C=S) groups is 1. The molecular weight excluding hydrogens is 450 g/mol. The molecule has 180 valence electrons. The van der Waals surface area contributed by atoms with Crippen LogP contribution in [0.5, 0.6) is 11.5 Å². The van der Waals surface area contributed by atoms with Gasteiger partial charge in [-0.25, -0.2) is 0 Å². The van der Waals surface area contributed by atoms with Gasteiger partial charge in [0, 0.05) is 37.0 Å². The maximum Gasteiger partial charge on any atom is 0.167 e. The van der Waals surface area contributed by atoms with Gasteiger partial charge in [-0.1, -0.05) is 24.4 Å². The summed E-state index contributed by atoms with van der Waals surface area (Å²) in [7, 11) is 1.63. The topological polar surface area (TPSA) is 81.7 Å². The second kappa shape index (κ2) is 11.4. The quantitative estimate of drug-likeness (QED) is 0.507. The Morgan fingerprint density at radius 2 is 2.15 bits per heavy atom. The van der Waals surface area contributed by atoms with Gasteiger partial charge < -0.3 is 24.8 Å². The highest BCUT2D eigenvalue weighted by Gasteiger charge is 2.25. The molecular formula is C26H31N3O4S. The van der Waals surface area contributed by atoms with Crippen molar-refractivity contribution in [2.75, 3.05) is 25.6 Å². The van der Waals surface area contributed by atoms with Crippen molar-refractivity contribution in [3.8, 4) is 11.5 Å². The van der Waals surface area contributed by atoms with Gasteiger partial charge >= 0.3 is 0 Å². The molecule has 4 rings (SSSR count). The van der Waals surface area contributed by atoms with Crippen LogP contribution in [-0.4, -0.2) is 42.2 Å². The van der Waals surface area contributed by atoms with Crippen molar-refractivity contribution < 1.29 is 19.0 Å². The maximum atomic E-state index is 12.9. The zero-order chi connectivity index (χ0) is 23.9. The van der Waals surface area contributed by atoms with Crippen molar-refractivity contribution in [2.45, 2.75) is 51.7 Å². The zero-order valence-corrected chi connectivity index (χ0v) is 20.5. The first kappa shape index (κ1) is 24.2. The van der Waals surface area contributed by atoms with E-state index in [1.54, 1.807) is 19.5 Å². The van der Waals surface area contributed by atoms with Gasteiger partial charge in [-0.2, -0.15) is 0 Å². The molecule has 0 spiro atoms. The van der Waals surface area contributed by atoms with Crippen molar-refractivity contribution >= 4 is 28.7 Å². The molecule has 1 aliphatic heterocycles. The predicted molar refractivity (Wildman–Crippen MR) is 135 cm³/mol. The van der Waals surface area contributed by atoms with Crippen LogP contribution in [0, 0.1) is 6.92 Å². The number of ether oxygens (including phenoxy) is 3. The average molecular weight is 482 g/mol. The number of anilines is 1. The first-order valence-corrected chi connectivity index (χ1v) is 12.1. The largest absolute Gasteiger partial charge is 0.494 e. The normalized spacial score (nSPS) is 18.1. The highest BCUT2D eigenvalue weighted by atomic mass is 32.1. The predicted octanol–water partition coefficient (Wildman–Crippen LogP) is 4.49.